The Labute approximate surface area is 65.0 Å². The van der Waals surface area contributed by atoms with Crippen LogP contribution in [0.3, 0.4) is 0 Å². The second-order valence-corrected chi connectivity index (χ2v) is 3.85. The quantitative estimate of drug-likeness (QED) is 0.630. The lowest BCUT2D eigenvalue weighted by molar-refractivity contribution is -0.136. The fourth-order valence-corrected chi connectivity index (χ4v) is 0.953. The number of carboxylic acid groups (broad SMARTS) is 1. The summed E-state index contributed by atoms with van der Waals surface area (Å²) in [5.74, 6) is -1.20. The molecule has 0 heterocycles. The molecule has 0 aromatic rings. The Kier molecular flexibility index (Phi) is 3.21. The molecule has 64 valence electrons. The highest BCUT2D eigenvalue weighted by molar-refractivity contribution is 7.92. The Bertz CT molecular complexity index is 256. The normalized spacial score (nSPS) is 11.5. The van der Waals surface area contributed by atoms with Crippen LogP contribution in [0, 0.1) is 0 Å². The smallest absolute Gasteiger partial charge is 0.318 e. The van der Waals surface area contributed by atoms with E-state index in [9.17, 15) is 13.2 Å². The zero-order valence-electron chi connectivity index (χ0n) is 6.02. The van der Waals surface area contributed by atoms with E-state index in [2.05, 4.69) is 6.58 Å². The van der Waals surface area contributed by atoms with Crippen molar-refractivity contribution >= 4 is 16.0 Å². The van der Waals surface area contributed by atoms with E-state index >= 15 is 0 Å². The van der Waals surface area contributed by atoms with E-state index in [0.29, 0.717) is 9.71 Å². The van der Waals surface area contributed by atoms with E-state index in [1.807, 2.05) is 0 Å². The molecule has 0 aliphatic rings. The maximum absolute atomic E-state index is 10.8. The van der Waals surface area contributed by atoms with Crippen LogP contribution in [0.15, 0.2) is 12.0 Å². The van der Waals surface area contributed by atoms with Gasteiger partial charge in [-0.3, -0.25) is 4.79 Å². The monoisotopic (exact) mass is 179 g/mol. The minimum atomic E-state index is -3.58. The molecule has 0 saturated heterocycles. The van der Waals surface area contributed by atoms with E-state index in [0.717, 1.165) is 0 Å². The molecule has 0 amide bonds. The largest absolute Gasteiger partial charge is 0.480 e. The molecule has 0 aliphatic heterocycles. The van der Waals surface area contributed by atoms with E-state index in [4.69, 9.17) is 5.11 Å². The molecule has 0 aromatic carbocycles. The summed E-state index contributed by atoms with van der Waals surface area (Å²) in [6, 6.07) is 0. The van der Waals surface area contributed by atoms with Crippen molar-refractivity contribution in [1.29, 1.82) is 0 Å². The fourth-order valence-electron chi connectivity index (χ4n) is 0.408. The number of sulfonamides is 1. The molecule has 11 heavy (non-hydrogen) atoms. The molecule has 0 saturated carbocycles. The molecule has 0 unspecified atom stereocenters. The van der Waals surface area contributed by atoms with Crippen LogP contribution in [0.2, 0.25) is 0 Å². The van der Waals surface area contributed by atoms with Crippen molar-refractivity contribution in [2.75, 3.05) is 13.6 Å². The van der Waals surface area contributed by atoms with E-state index < -0.39 is 22.5 Å². The number of carbonyl (C=O) groups is 1. The number of carboxylic acids is 1. The van der Waals surface area contributed by atoms with Crippen LogP contribution in [0.1, 0.15) is 0 Å². The van der Waals surface area contributed by atoms with Crippen LogP contribution in [0.25, 0.3) is 0 Å². The van der Waals surface area contributed by atoms with Gasteiger partial charge in [-0.05, 0) is 0 Å². The summed E-state index contributed by atoms with van der Waals surface area (Å²) in [5, 5.41) is 8.91. The minimum absolute atomic E-state index is 0.547. The van der Waals surface area contributed by atoms with Crippen LogP contribution >= 0.6 is 0 Å². The van der Waals surface area contributed by atoms with Crippen molar-refractivity contribution in [2.24, 2.45) is 0 Å². The second kappa shape index (κ2) is 3.49. The highest BCUT2D eigenvalue weighted by Gasteiger charge is 2.15. The topological polar surface area (TPSA) is 74.7 Å². The fraction of sp³-hybridized carbons (Fsp3) is 0.400. The molecular weight excluding hydrogens is 170 g/mol. The Morgan fingerprint density at radius 3 is 2.45 bits per heavy atom. The van der Waals surface area contributed by atoms with Crippen molar-refractivity contribution < 1.29 is 18.3 Å². The van der Waals surface area contributed by atoms with E-state index in [1.165, 1.54) is 7.05 Å². The van der Waals surface area contributed by atoms with Crippen molar-refractivity contribution in [3.63, 3.8) is 0 Å². The van der Waals surface area contributed by atoms with Crippen molar-refractivity contribution in [1.82, 2.24) is 4.31 Å². The van der Waals surface area contributed by atoms with Gasteiger partial charge in [0.1, 0.15) is 6.54 Å². The van der Waals surface area contributed by atoms with Gasteiger partial charge in [0.2, 0.25) is 10.0 Å². The van der Waals surface area contributed by atoms with Gasteiger partial charge in [-0.25, -0.2) is 8.42 Å². The van der Waals surface area contributed by atoms with Crippen LogP contribution in [-0.2, 0) is 14.8 Å². The number of hydrogen-bond acceptors (Lipinski definition) is 3. The number of likely N-dealkylation sites (N-methyl/N-ethyl adjacent to an activating group) is 1. The lowest BCUT2D eigenvalue weighted by Gasteiger charge is -2.10. The summed E-state index contributed by atoms with van der Waals surface area (Å²) in [6.45, 7) is 2.49. The summed E-state index contributed by atoms with van der Waals surface area (Å²) >= 11 is 0. The van der Waals surface area contributed by atoms with Gasteiger partial charge in [0, 0.05) is 12.5 Å². The first-order valence-electron chi connectivity index (χ1n) is 2.70. The molecule has 0 bridgehead atoms. The van der Waals surface area contributed by atoms with Crippen molar-refractivity contribution in [3.05, 3.63) is 12.0 Å². The predicted octanol–water partition coefficient (Wildman–Crippen LogP) is -0.524. The predicted molar refractivity (Wildman–Crippen MR) is 39.4 cm³/mol. The van der Waals surface area contributed by atoms with Gasteiger partial charge in [-0.15, -0.1) is 0 Å². The average Bonchev–Trinajstić information content (AvgIpc) is 1.86. The molecular formula is C5H9NO4S. The molecule has 0 spiro atoms. The third kappa shape index (κ3) is 3.15. The SMILES string of the molecule is C=CS(=O)(=O)N(C)CC(=O)O. The summed E-state index contributed by atoms with van der Waals surface area (Å²) in [5.41, 5.74) is 0. The maximum Gasteiger partial charge on any atom is 0.318 e. The van der Waals surface area contributed by atoms with Gasteiger partial charge in [-0.2, -0.15) is 4.31 Å². The number of aliphatic carboxylic acids is 1. The van der Waals surface area contributed by atoms with Gasteiger partial charge in [0.05, 0.1) is 0 Å². The third-order valence-corrected chi connectivity index (χ3v) is 2.42. The van der Waals surface area contributed by atoms with Gasteiger partial charge >= 0.3 is 5.97 Å². The first-order valence-corrected chi connectivity index (χ1v) is 4.21. The molecule has 6 heteroatoms. The first kappa shape index (κ1) is 10.1. The molecule has 0 atom stereocenters. The molecule has 0 rings (SSSR count). The minimum Gasteiger partial charge on any atom is -0.480 e. The molecule has 0 aromatic heterocycles. The second-order valence-electron chi connectivity index (χ2n) is 1.86. The number of nitrogens with zero attached hydrogens (tertiary/aromatic N) is 1. The average molecular weight is 179 g/mol. The van der Waals surface area contributed by atoms with Crippen LogP contribution in [0.4, 0.5) is 0 Å². The van der Waals surface area contributed by atoms with Gasteiger partial charge in [-0.1, -0.05) is 6.58 Å². The summed E-state index contributed by atoms with van der Waals surface area (Å²) in [4.78, 5) is 10.0. The molecule has 1 N–H and O–H groups in total. The number of hydrogen-bond donors (Lipinski definition) is 1. The highest BCUT2D eigenvalue weighted by atomic mass is 32.2. The lowest BCUT2D eigenvalue weighted by Crippen LogP contribution is -2.30. The first-order chi connectivity index (χ1) is 4.90. The Hall–Kier alpha value is -0.880. The van der Waals surface area contributed by atoms with Crippen LogP contribution < -0.4 is 0 Å². The van der Waals surface area contributed by atoms with Crippen molar-refractivity contribution in [2.45, 2.75) is 0 Å². The van der Waals surface area contributed by atoms with Gasteiger partial charge < -0.3 is 5.11 Å². The maximum atomic E-state index is 10.8. The molecule has 5 nitrogen and oxygen atoms in total. The van der Waals surface area contributed by atoms with Crippen LogP contribution in [-0.4, -0.2) is 37.4 Å². The molecule has 0 radical (unpaired) electrons. The third-order valence-electron chi connectivity index (χ3n) is 1.00. The highest BCUT2D eigenvalue weighted by Crippen LogP contribution is 1.96. The molecule has 0 fully saturated rings. The Balaban J connectivity index is 4.37. The lowest BCUT2D eigenvalue weighted by atomic mass is 10.7. The Morgan fingerprint density at radius 2 is 2.18 bits per heavy atom. The van der Waals surface area contributed by atoms with E-state index in [1.54, 1.807) is 0 Å². The zero-order valence-corrected chi connectivity index (χ0v) is 6.84. The summed E-state index contributed by atoms with van der Waals surface area (Å²) < 4.78 is 22.3. The van der Waals surface area contributed by atoms with Crippen LogP contribution in [0.5, 0.6) is 0 Å². The van der Waals surface area contributed by atoms with Gasteiger partial charge in [0.25, 0.3) is 0 Å². The summed E-state index contributed by atoms with van der Waals surface area (Å²) in [6.07, 6.45) is 0. The molecule has 0 aliphatic carbocycles. The number of rotatable bonds is 4. The zero-order chi connectivity index (χ0) is 9.07. The standard InChI is InChI=1S/C5H9NO4S/c1-3-11(9,10)6(2)4-5(7)8/h3H,1,4H2,2H3,(H,7,8). The van der Waals surface area contributed by atoms with E-state index in [-0.39, 0.29) is 0 Å². The summed E-state index contributed by atoms with van der Waals surface area (Å²) in [7, 11) is -2.41. The van der Waals surface area contributed by atoms with Crippen molar-refractivity contribution in [3.8, 4) is 0 Å². The Morgan fingerprint density at radius 1 is 1.73 bits per heavy atom. The van der Waals surface area contributed by atoms with Gasteiger partial charge in [0.15, 0.2) is 0 Å².